The Kier molecular flexibility index (Phi) is 6.11. The molecule has 0 amide bonds. The van der Waals surface area contributed by atoms with E-state index in [-0.39, 0.29) is 0 Å². The highest BCUT2D eigenvalue weighted by Crippen LogP contribution is 2.36. The molecule has 1 unspecified atom stereocenters. The minimum absolute atomic E-state index is 0.496. The van der Waals surface area contributed by atoms with E-state index in [0.717, 1.165) is 19.7 Å². The van der Waals surface area contributed by atoms with Crippen molar-refractivity contribution < 1.29 is 4.74 Å². The van der Waals surface area contributed by atoms with E-state index in [1.807, 2.05) is 0 Å². The SMILES string of the molecule is CCN(CC1CCCO1)CC1(CNC)CCCCC1. The Morgan fingerprint density at radius 3 is 2.58 bits per heavy atom. The molecular weight excluding hydrogens is 236 g/mol. The van der Waals surface area contributed by atoms with Gasteiger partial charge in [-0.2, -0.15) is 0 Å². The molecule has 1 saturated carbocycles. The summed E-state index contributed by atoms with van der Waals surface area (Å²) in [4.78, 5) is 2.64. The van der Waals surface area contributed by atoms with E-state index in [9.17, 15) is 0 Å². The molecule has 0 aromatic rings. The smallest absolute Gasteiger partial charge is 0.0702 e. The van der Waals surface area contributed by atoms with Gasteiger partial charge in [0.15, 0.2) is 0 Å². The number of rotatable bonds is 7. The molecule has 0 bridgehead atoms. The molecule has 1 heterocycles. The minimum atomic E-state index is 0.496. The van der Waals surface area contributed by atoms with Gasteiger partial charge in [0, 0.05) is 26.2 Å². The fourth-order valence-corrected chi connectivity index (χ4v) is 3.92. The molecule has 0 radical (unpaired) electrons. The first-order valence-electron chi connectivity index (χ1n) is 8.26. The first-order valence-corrected chi connectivity index (χ1v) is 8.26. The van der Waals surface area contributed by atoms with E-state index in [1.165, 1.54) is 58.0 Å². The predicted octanol–water partition coefficient (Wildman–Crippen LogP) is 2.66. The van der Waals surface area contributed by atoms with Crippen LogP contribution >= 0.6 is 0 Å². The van der Waals surface area contributed by atoms with E-state index in [2.05, 4.69) is 24.2 Å². The van der Waals surface area contributed by atoms with Crippen molar-refractivity contribution in [2.45, 2.75) is 58.0 Å². The zero-order valence-corrected chi connectivity index (χ0v) is 12.9. The second kappa shape index (κ2) is 7.61. The van der Waals surface area contributed by atoms with Gasteiger partial charge in [-0.3, -0.25) is 0 Å². The maximum absolute atomic E-state index is 5.81. The number of ether oxygens (including phenoxy) is 1. The van der Waals surface area contributed by atoms with Crippen molar-refractivity contribution in [3.63, 3.8) is 0 Å². The Morgan fingerprint density at radius 2 is 2.00 bits per heavy atom. The molecule has 1 aliphatic carbocycles. The molecule has 2 rings (SSSR count). The molecule has 2 fully saturated rings. The van der Waals surface area contributed by atoms with Crippen molar-refractivity contribution in [1.29, 1.82) is 0 Å². The first kappa shape index (κ1) is 15.3. The predicted molar refractivity (Wildman–Crippen MR) is 80.5 cm³/mol. The van der Waals surface area contributed by atoms with Crippen LogP contribution in [0, 0.1) is 5.41 Å². The van der Waals surface area contributed by atoms with E-state index in [1.54, 1.807) is 0 Å². The van der Waals surface area contributed by atoms with Crippen LogP contribution in [0.1, 0.15) is 51.9 Å². The van der Waals surface area contributed by atoms with Crippen molar-refractivity contribution in [2.75, 3.05) is 39.8 Å². The van der Waals surface area contributed by atoms with Crippen LogP contribution in [0.2, 0.25) is 0 Å². The number of hydrogen-bond donors (Lipinski definition) is 1. The Labute approximate surface area is 119 Å². The van der Waals surface area contributed by atoms with Crippen molar-refractivity contribution in [3.8, 4) is 0 Å². The third kappa shape index (κ3) is 4.44. The Bertz CT molecular complexity index is 240. The normalized spacial score (nSPS) is 27.0. The molecule has 0 aromatic heterocycles. The van der Waals surface area contributed by atoms with Crippen LogP contribution in [-0.4, -0.2) is 50.8 Å². The fourth-order valence-electron chi connectivity index (χ4n) is 3.92. The second-order valence-corrected chi connectivity index (χ2v) is 6.55. The zero-order chi connectivity index (χ0) is 13.6. The van der Waals surface area contributed by atoms with Crippen molar-refractivity contribution >= 4 is 0 Å². The van der Waals surface area contributed by atoms with Crippen LogP contribution in [0.4, 0.5) is 0 Å². The molecule has 1 atom stereocenters. The van der Waals surface area contributed by atoms with Gasteiger partial charge < -0.3 is 15.0 Å². The lowest BCUT2D eigenvalue weighted by molar-refractivity contribution is 0.0453. The van der Waals surface area contributed by atoms with Gasteiger partial charge in [-0.25, -0.2) is 0 Å². The van der Waals surface area contributed by atoms with Gasteiger partial charge in [-0.05, 0) is 44.7 Å². The van der Waals surface area contributed by atoms with Gasteiger partial charge in [0.2, 0.25) is 0 Å². The van der Waals surface area contributed by atoms with E-state index < -0.39 is 0 Å². The van der Waals surface area contributed by atoms with Crippen molar-refractivity contribution in [1.82, 2.24) is 10.2 Å². The molecule has 1 saturated heterocycles. The van der Waals surface area contributed by atoms with Gasteiger partial charge in [-0.15, -0.1) is 0 Å². The molecule has 19 heavy (non-hydrogen) atoms. The highest BCUT2D eigenvalue weighted by molar-refractivity contribution is 4.88. The zero-order valence-electron chi connectivity index (χ0n) is 12.9. The van der Waals surface area contributed by atoms with Gasteiger partial charge >= 0.3 is 0 Å². The molecule has 1 aliphatic heterocycles. The summed E-state index contributed by atoms with van der Waals surface area (Å²) in [5.74, 6) is 0. The van der Waals surface area contributed by atoms with E-state index in [4.69, 9.17) is 4.74 Å². The maximum Gasteiger partial charge on any atom is 0.0702 e. The third-order valence-corrected chi connectivity index (χ3v) is 4.96. The second-order valence-electron chi connectivity index (χ2n) is 6.55. The number of likely N-dealkylation sites (N-methyl/N-ethyl adjacent to an activating group) is 1. The molecule has 0 spiro atoms. The average Bonchev–Trinajstić information content (AvgIpc) is 2.92. The Balaban J connectivity index is 1.89. The molecule has 3 nitrogen and oxygen atoms in total. The number of nitrogens with one attached hydrogen (secondary N) is 1. The van der Waals surface area contributed by atoms with Gasteiger partial charge in [-0.1, -0.05) is 26.2 Å². The maximum atomic E-state index is 5.81. The van der Waals surface area contributed by atoms with Crippen LogP contribution in [0.15, 0.2) is 0 Å². The summed E-state index contributed by atoms with van der Waals surface area (Å²) in [6, 6.07) is 0. The van der Waals surface area contributed by atoms with Crippen LogP contribution < -0.4 is 5.32 Å². The molecular formula is C16H32N2O. The molecule has 2 aliphatic rings. The van der Waals surface area contributed by atoms with Crippen LogP contribution in [-0.2, 0) is 4.74 Å². The molecule has 3 heteroatoms. The quantitative estimate of drug-likeness (QED) is 0.768. The average molecular weight is 268 g/mol. The highest BCUT2D eigenvalue weighted by atomic mass is 16.5. The lowest BCUT2D eigenvalue weighted by atomic mass is 9.73. The van der Waals surface area contributed by atoms with Crippen LogP contribution in [0.3, 0.4) is 0 Å². The number of nitrogens with zero attached hydrogens (tertiary/aromatic N) is 1. The summed E-state index contributed by atoms with van der Waals surface area (Å²) in [6.07, 6.45) is 10.1. The van der Waals surface area contributed by atoms with Gasteiger partial charge in [0.25, 0.3) is 0 Å². The molecule has 1 N–H and O–H groups in total. The lowest BCUT2D eigenvalue weighted by Gasteiger charge is -2.41. The van der Waals surface area contributed by atoms with Gasteiger partial charge in [0.1, 0.15) is 0 Å². The van der Waals surface area contributed by atoms with Gasteiger partial charge in [0.05, 0.1) is 6.10 Å². The monoisotopic (exact) mass is 268 g/mol. The largest absolute Gasteiger partial charge is 0.377 e. The highest BCUT2D eigenvalue weighted by Gasteiger charge is 2.33. The van der Waals surface area contributed by atoms with Crippen LogP contribution in [0.5, 0.6) is 0 Å². The van der Waals surface area contributed by atoms with Crippen LogP contribution in [0.25, 0.3) is 0 Å². The lowest BCUT2D eigenvalue weighted by Crippen LogP contribution is -2.46. The summed E-state index contributed by atoms with van der Waals surface area (Å²) in [6.45, 7) is 8.00. The first-order chi connectivity index (χ1) is 9.28. The topological polar surface area (TPSA) is 24.5 Å². The van der Waals surface area contributed by atoms with Crippen molar-refractivity contribution in [2.24, 2.45) is 5.41 Å². The fraction of sp³-hybridized carbons (Fsp3) is 1.00. The van der Waals surface area contributed by atoms with E-state index in [0.29, 0.717) is 11.5 Å². The Hall–Kier alpha value is -0.120. The minimum Gasteiger partial charge on any atom is -0.377 e. The van der Waals surface area contributed by atoms with E-state index >= 15 is 0 Å². The summed E-state index contributed by atoms with van der Waals surface area (Å²) in [5, 5.41) is 3.44. The third-order valence-electron chi connectivity index (χ3n) is 4.96. The van der Waals surface area contributed by atoms with Crippen molar-refractivity contribution in [3.05, 3.63) is 0 Å². The summed E-state index contributed by atoms with van der Waals surface area (Å²) < 4.78 is 5.81. The molecule has 112 valence electrons. The number of hydrogen-bond acceptors (Lipinski definition) is 3. The Morgan fingerprint density at radius 1 is 1.21 bits per heavy atom. The summed E-state index contributed by atoms with van der Waals surface area (Å²) >= 11 is 0. The summed E-state index contributed by atoms with van der Waals surface area (Å²) in [7, 11) is 2.10. The molecule has 0 aromatic carbocycles. The standard InChI is InChI=1S/C16H32N2O/c1-3-18(12-15-8-7-11-19-15)14-16(13-17-2)9-5-4-6-10-16/h15,17H,3-14H2,1-2H3. The summed E-state index contributed by atoms with van der Waals surface area (Å²) in [5.41, 5.74) is 0.515.